The lowest BCUT2D eigenvalue weighted by molar-refractivity contribution is 0.00891. The van der Waals surface area contributed by atoms with Gasteiger partial charge in [0.1, 0.15) is 5.56 Å². The van der Waals surface area contributed by atoms with Crippen molar-refractivity contribution >= 4 is 5.91 Å². The van der Waals surface area contributed by atoms with Crippen LogP contribution in [0.2, 0.25) is 0 Å². The molecular formula is C15H22N2O4. The Balaban J connectivity index is 2.15. The van der Waals surface area contributed by atoms with Gasteiger partial charge in [0.15, 0.2) is 0 Å². The van der Waals surface area contributed by atoms with Crippen molar-refractivity contribution in [2.45, 2.75) is 19.3 Å². The number of nitrogens with zero attached hydrogens (tertiary/aromatic N) is 1. The summed E-state index contributed by atoms with van der Waals surface area (Å²) < 4.78 is 5.10. The van der Waals surface area contributed by atoms with Crippen LogP contribution in [0.1, 0.15) is 29.6 Å². The Morgan fingerprint density at radius 2 is 2.38 bits per heavy atom. The van der Waals surface area contributed by atoms with Crippen LogP contribution in [0.15, 0.2) is 23.1 Å². The van der Waals surface area contributed by atoms with Crippen LogP contribution in [0, 0.1) is 5.41 Å². The van der Waals surface area contributed by atoms with Gasteiger partial charge in [0.2, 0.25) is 0 Å². The van der Waals surface area contributed by atoms with Gasteiger partial charge in [-0.05, 0) is 31.4 Å². The van der Waals surface area contributed by atoms with Gasteiger partial charge in [0.25, 0.3) is 11.5 Å². The summed E-state index contributed by atoms with van der Waals surface area (Å²) in [6.45, 7) is 1.64. The molecule has 1 atom stereocenters. The monoisotopic (exact) mass is 294 g/mol. The number of ether oxygens (including phenoxy) is 1. The number of hydrogen-bond acceptors (Lipinski definition) is 4. The fourth-order valence-electron chi connectivity index (χ4n) is 2.87. The Kier molecular flexibility index (Phi) is 5.14. The third kappa shape index (κ3) is 3.51. The molecule has 0 bridgehead atoms. The number of piperidine rings is 1. The number of amides is 1. The summed E-state index contributed by atoms with van der Waals surface area (Å²) in [5.41, 5.74) is -0.552. The first-order valence-electron chi connectivity index (χ1n) is 7.19. The van der Waals surface area contributed by atoms with E-state index in [0.717, 1.165) is 12.8 Å². The maximum atomic E-state index is 12.5. The minimum atomic E-state index is -0.375. The van der Waals surface area contributed by atoms with Gasteiger partial charge in [0, 0.05) is 38.4 Å². The number of aliphatic hydroxyl groups is 1. The maximum Gasteiger partial charge on any atom is 0.260 e. The fraction of sp³-hybridized carbons (Fsp3) is 0.600. The van der Waals surface area contributed by atoms with Crippen LogP contribution in [0.5, 0.6) is 0 Å². The Labute approximate surface area is 123 Å². The second-order valence-corrected chi connectivity index (χ2v) is 5.64. The molecule has 6 nitrogen and oxygen atoms in total. The molecule has 1 aromatic rings. The first-order valence-corrected chi connectivity index (χ1v) is 7.19. The number of aliphatic hydroxyl groups excluding tert-OH is 1. The molecule has 21 heavy (non-hydrogen) atoms. The molecule has 2 heterocycles. The first-order chi connectivity index (χ1) is 10.1. The zero-order chi connectivity index (χ0) is 15.3. The number of methoxy groups -OCH3 is 1. The summed E-state index contributed by atoms with van der Waals surface area (Å²) in [7, 11) is 1.63. The Hall–Kier alpha value is -1.66. The molecule has 0 unspecified atom stereocenters. The molecule has 0 radical (unpaired) electrons. The van der Waals surface area contributed by atoms with Gasteiger partial charge >= 0.3 is 0 Å². The van der Waals surface area contributed by atoms with Gasteiger partial charge < -0.3 is 19.7 Å². The number of nitrogens with one attached hydrogen (secondary N) is 1. The number of carbonyl (C=O) groups is 1. The van der Waals surface area contributed by atoms with Gasteiger partial charge in [-0.1, -0.05) is 0 Å². The highest BCUT2D eigenvalue weighted by Gasteiger charge is 2.37. The number of aromatic nitrogens is 1. The summed E-state index contributed by atoms with van der Waals surface area (Å²) in [6, 6.07) is 3.17. The van der Waals surface area contributed by atoms with Gasteiger partial charge in [-0.2, -0.15) is 0 Å². The van der Waals surface area contributed by atoms with Crippen molar-refractivity contribution in [3.05, 3.63) is 34.2 Å². The third-order valence-corrected chi connectivity index (χ3v) is 4.17. The molecule has 2 N–H and O–H groups in total. The molecular weight excluding hydrogens is 272 g/mol. The summed E-state index contributed by atoms with van der Waals surface area (Å²) in [6.07, 6.45) is 3.89. The zero-order valence-corrected chi connectivity index (χ0v) is 12.3. The van der Waals surface area contributed by atoms with Crippen LogP contribution < -0.4 is 5.56 Å². The lowest BCUT2D eigenvalue weighted by Crippen LogP contribution is -2.49. The average molecular weight is 294 g/mol. The van der Waals surface area contributed by atoms with Crippen LogP contribution in [-0.2, 0) is 4.74 Å². The van der Waals surface area contributed by atoms with Crippen LogP contribution in [0.4, 0.5) is 0 Å². The van der Waals surface area contributed by atoms with Crippen LogP contribution >= 0.6 is 0 Å². The molecule has 116 valence electrons. The average Bonchev–Trinajstić information content (AvgIpc) is 2.53. The number of pyridine rings is 1. The van der Waals surface area contributed by atoms with Gasteiger partial charge in [-0.25, -0.2) is 0 Å². The van der Waals surface area contributed by atoms with Crippen molar-refractivity contribution in [3.63, 3.8) is 0 Å². The van der Waals surface area contributed by atoms with Gasteiger partial charge in [-0.3, -0.25) is 9.59 Å². The van der Waals surface area contributed by atoms with Crippen LogP contribution in [0.3, 0.4) is 0 Å². The largest absolute Gasteiger partial charge is 0.396 e. The molecule has 1 fully saturated rings. The van der Waals surface area contributed by atoms with Gasteiger partial charge in [-0.15, -0.1) is 0 Å². The summed E-state index contributed by atoms with van der Waals surface area (Å²) in [5, 5.41) is 9.73. The number of rotatable bonds is 5. The highest BCUT2D eigenvalue weighted by Crippen LogP contribution is 2.33. The molecule has 6 heteroatoms. The van der Waals surface area contributed by atoms with E-state index in [1.807, 2.05) is 0 Å². The molecule has 0 aromatic carbocycles. The molecule has 0 saturated carbocycles. The first kappa shape index (κ1) is 15.7. The normalized spacial score (nSPS) is 22.3. The lowest BCUT2D eigenvalue weighted by Gasteiger charge is -2.41. The van der Waals surface area contributed by atoms with Crippen LogP contribution in [0.25, 0.3) is 0 Å². The number of aromatic amines is 1. The van der Waals surface area contributed by atoms with E-state index in [2.05, 4.69) is 4.98 Å². The molecule has 1 aliphatic heterocycles. The molecule has 1 amide bonds. The second kappa shape index (κ2) is 6.87. The predicted molar refractivity (Wildman–Crippen MR) is 78.2 cm³/mol. The summed E-state index contributed by atoms with van der Waals surface area (Å²) in [4.78, 5) is 28.4. The van der Waals surface area contributed by atoms with Crippen molar-refractivity contribution in [1.82, 2.24) is 9.88 Å². The van der Waals surface area contributed by atoms with Crippen molar-refractivity contribution < 1.29 is 14.6 Å². The molecule has 1 aliphatic rings. The molecule has 1 aromatic heterocycles. The van der Waals surface area contributed by atoms with E-state index in [-0.39, 0.29) is 29.1 Å². The van der Waals surface area contributed by atoms with Crippen molar-refractivity contribution in [1.29, 1.82) is 0 Å². The van der Waals surface area contributed by atoms with E-state index in [0.29, 0.717) is 26.1 Å². The highest BCUT2D eigenvalue weighted by atomic mass is 16.5. The van der Waals surface area contributed by atoms with Crippen molar-refractivity contribution in [3.8, 4) is 0 Å². The standard InChI is InChI=1S/C15H22N2O4/c1-21-9-6-15(11-18)5-3-8-17(10-15)14(20)12-4-2-7-16-13(12)19/h2,4,7,18H,3,5-6,8-11H2,1H3,(H,16,19)/t15-/m0/s1. The van der Waals surface area contributed by atoms with Crippen molar-refractivity contribution in [2.24, 2.45) is 5.41 Å². The lowest BCUT2D eigenvalue weighted by atomic mass is 9.78. The Bertz CT molecular complexity index is 542. The SMILES string of the molecule is COCC[C@@]1(CO)CCCN(C(=O)c2ccc[nH]c2=O)C1. The van der Waals surface area contributed by atoms with E-state index in [1.54, 1.807) is 18.1 Å². The van der Waals surface area contributed by atoms with E-state index in [1.165, 1.54) is 12.3 Å². The smallest absolute Gasteiger partial charge is 0.260 e. The minimum absolute atomic E-state index is 0.0191. The molecule has 2 rings (SSSR count). The zero-order valence-electron chi connectivity index (χ0n) is 12.3. The summed E-state index contributed by atoms with van der Waals surface area (Å²) >= 11 is 0. The molecule has 0 aliphatic carbocycles. The quantitative estimate of drug-likeness (QED) is 0.834. The third-order valence-electron chi connectivity index (χ3n) is 4.17. The van der Waals surface area contributed by atoms with E-state index >= 15 is 0 Å². The second-order valence-electron chi connectivity index (χ2n) is 5.64. The number of likely N-dealkylation sites (tertiary alicyclic amines) is 1. The predicted octanol–water partition coefficient (Wildman–Crippen LogP) is 0.626. The van der Waals surface area contributed by atoms with Crippen LogP contribution in [-0.4, -0.2) is 54.3 Å². The van der Waals surface area contributed by atoms with Crippen molar-refractivity contribution in [2.75, 3.05) is 33.4 Å². The van der Waals surface area contributed by atoms with E-state index in [9.17, 15) is 14.7 Å². The fourth-order valence-corrected chi connectivity index (χ4v) is 2.87. The highest BCUT2D eigenvalue weighted by molar-refractivity contribution is 5.93. The molecule has 0 spiro atoms. The maximum absolute atomic E-state index is 12.5. The number of carbonyl (C=O) groups excluding carboxylic acids is 1. The minimum Gasteiger partial charge on any atom is -0.396 e. The summed E-state index contributed by atoms with van der Waals surface area (Å²) in [5.74, 6) is -0.271. The van der Waals surface area contributed by atoms with E-state index < -0.39 is 0 Å². The Morgan fingerprint density at radius 3 is 3.05 bits per heavy atom. The number of hydrogen-bond donors (Lipinski definition) is 2. The van der Waals surface area contributed by atoms with E-state index in [4.69, 9.17) is 4.74 Å². The van der Waals surface area contributed by atoms with Gasteiger partial charge in [0.05, 0.1) is 6.61 Å². The number of H-pyrrole nitrogens is 1. The molecule has 1 saturated heterocycles. The topological polar surface area (TPSA) is 82.6 Å². The Morgan fingerprint density at radius 1 is 1.57 bits per heavy atom.